The van der Waals surface area contributed by atoms with Gasteiger partial charge < -0.3 is 19.9 Å². The Hall–Kier alpha value is -2.38. The number of methoxy groups -OCH3 is 1. The fourth-order valence-corrected chi connectivity index (χ4v) is 3.60. The van der Waals surface area contributed by atoms with Crippen LogP contribution in [-0.4, -0.2) is 30.7 Å². The number of carbonyl (C=O) groups is 2. The molecule has 3 rings (SSSR count). The van der Waals surface area contributed by atoms with Gasteiger partial charge in [0.05, 0.1) is 25.2 Å². The Morgan fingerprint density at radius 1 is 1.33 bits per heavy atom. The van der Waals surface area contributed by atoms with Gasteiger partial charge in [-0.25, -0.2) is 4.79 Å². The van der Waals surface area contributed by atoms with Gasteiger partial charge >= 0.3 is 5.97 Å². The number of benzene rings is 1. The van der Waals surface area contributed by atoms with Crippen molar-refractivity contribution >= 4 is 23.2 Å². The molecule has 0 fully saturated rings. The van der Waals surface area contributed by atoms with Crippen molar-refractivity contribution in [1.82, 2.24) is 5.32 Å². The molecular formula is C17H17NO5S. The number of amides is 1. The van der Waals surface area contributed by atoms with Crippen molar-refractivity contribution in [2.75, 3.05) is 13.7 Å². The third-order valence-electron chi connectivity index (χ3n) is 3.82. The van der Waals surface area contributed by atoms with E-state index in [1.54, 1.807) is 30.3 Å². The molecule has 2 heterocycles. The summed E-state index contributed by atoms with van der Waals surface area (Å²) in [4.78, 5) is 25.6. The summed E-state index contributed by atoms with van der Waals surface area (Å²) in [5, 5.41) is 12.0. The number of hydrogen-bond donors (Lipinski definition) is 2. The van der Waals surface area contributed by atoms with E-state index in [0.29, 0.717) is 29.4 Å². The number of ether oxygens (including phenoxy) is 2. The SMILES string of the molecule is COc1ccc(C(NC(=O)c2cc3c(s2)CCOC3)C(=O)O)cc1. The van der Waals surface area contributed by atoms with E-state index in [-0.39, 0.29) is 0 Å². The molecule has 6 nitrogen and oxygen atoms in total. The van der Waals surface area contributed by atoms with Crippen LogP contribution in [0.1, 0.15) is 31.7 Å². The molecule has 1 amide bonds. The van der Waals surface area contributed by atoms with Crippen molar-refractivity contribution < 1.29 is 24.2 Å². The Balaban J connectivity index is 1.78. The van der Waals surface area contributed by atoms with Crippen LogP contribution in [0.2, 0.25) is 0 Å². The number of carboxylic acids is 1. The number of aliphatic carboxylic acids is 1. The lowest BCUT2D eigenvalue weighted by Gasteiger charge is -2.14. The molecule has 24 heavy (non-hydrogen) atoms. The van der Waals surface area contributed by atoms with Gasteiger partial charge in [-0.3, -0.25) is 4.79 Å². The van der Waals surface area contributed by atoms with Crippen LogP contribution in [0.25, 0.3) is 0 Å². The summed E-state index contributed by atoms with van der Waals surface area (Å²) in [6.07, 6.45) is 0.786. The van der Waals surface area contributed by atoms with Crippen molar-refractivity contribution in [2.24, 2.45) is 0 Å². The molecule has 1 aromatic heterocycles. The third-order valence-corrected chi connectivity index (χ3v) is 5.06. The molecule has 0 radical (unpaired) electrons. The van der Waals surface area contributed by atoms with Crippen LogP contribution >= 0.6 is 11.3 Å². The molecule has 0 bridgehead atoms. The first-order valence-corrected chi connectivity index (χ1v) is 8.27. The number of nitrogens with one attached hydrogen (secondary N) is 1. The maximum atomic E-state index is 12.4. The molecule has 7 heteroatoms. The van der Waals surface area contributed by atoms with E-state index in [1.807, 2.05) is 0 Å². The molecule has 1 aromatic carbocycles. The minimum Gasteiger partial charge on any atom is -0.497 e. The zero-order chi connectivity index (χ0) is 17.1. The van der Waals surface area contributed by atoms with E-state index in [2.05, 4.69) is 5.32 Å². The summed E-state index contributed by atoms with van der Waals surface area (Å²) in [6, 6.07) is 7.26. The molecule has 1 aliphatic rings. The average Bonchev–Trinajstić information content (AvgIpc) is 3.03. The first-order valence-electron chi connectivity index (χ1n) is 7.45. The van der Waals surface area contributed by atoms with E-state index >= 15 is 0 Å². The van der Waals surface area contributed by atoms with Gasteiger partial charge in [-0.15, -0.1) is 11.3 Å². The Labute approximate surface area is 143 Å². The lowest BCUT2D eigenvalue weighted by Crippen LogP contribution is -2.33. The summed E-state index contributed by atoms with van der Waals surface area (Å²) in [6.45, 7) is 1.15. The van der Waals surface area contributed by atoms with Crippen molar-refractivity contribution in [3.05, 3.63) is 51.2 Å². The minimum atomic E-state index is -1.11. The van der Waals surface area contributed by atoms with Gasteiger partial charge in [-0.2, -0.15) is 0 Å². The van der Waals surface area contributed by atoms with Crippen LogP contribution in [0.4, 0.5) is 0 Å². The second kappa shape index (κ2) is 7.02. The molecule has 0 saturated heterocycles. The normalized spacial score (nSPS) is 14.5. The van der Waals surface area contributed by atoms with E-state index in [0.717, 1.165) is 16.9 Å². The molecule has 0 spiro atoms. The number of thiophene rings is 1. The monoisotopic (exact) mass is 347 g/mol. The predicted octanol–water partition coefficient (Wildman–Crippen LogP) is 2.39. The van der Waals surface area contributed by atoms with Gasteiger partial charge in [-0.1, -0.05) is 12.1 Å². The summed E-state index contributed by atoms with van der Waals surface area (Å²) in [5.74, 6) is -0.879. The molecule has 0 saturated carbocycles. The first kappa shape index (κ1) is 16.5. The molecule has 1 unspecified atom stereocenters. The molecule has 126 valence electrons. The summed E-state index contributed by atoms with van der Waals surface area (Å²) in [7, 11) is 1.54. The lowest BCUT2D eigenvalue weighted by atomic mass is 10.1. The first-order chi connectivity index (χ1) is 11.6. The van der Waals surface area contributed by atoms with Crippen LogP contribution in [0.5, 0.6) is 5.75 Å². The number of fused-ring (bicyclic) bond motifs is 1. The lowest BCUT2D eigenvalue weighted by molar-refractivity contribution is -0.139. The highest BCUT2D eigenvalue weighted by atomic mass is 32.1. The Morgan fingerprint density at radius 2 is 2.08 bits per heavy atom. The van der Waals surface area contributed by atoms with Crippen molar-refractivity contribution in [1.29, 1.82) is 0 Å². The fourth-order valence-electron chi connectivity index (χ4n) is 2.55. The van der Waals surface area contributed by atoms with Crippen LogP contribution < -0.4 is 10.1 Å². The maximum absolute atomic E-state index is 12.4. The second-order valence-corrected chi connectivity index (χ2v) is 6.52. The molecule has 0 aliphatic carbocycles. The van der Waals surface area contributed by atoms with Crippen LogP contribution in [-0.2, 0) is 22.6 Å². The fraction of sp³-hybridized carbons (Fsp3) is 0.294. The van der Waals surface area contributed by atoms with Crippen LogP contribution in [0.15, 0.2) is 30.3 Å². The zero-order valence-corrected chi connectivity index (χ0v) is 13.9. The largest absolute Gasteiger partial charge is 0.497 e. The quantitative estimate of drug-likeness (QED) is 0.867. The second-order valence-electron chi connectivity index (χ2n) is 5.38. The third kappa shape index (κ3) is 3.42. The van der Waals surface area contributed by atoms with E-state index in [1.165, 1.54) is 18.4 Å². The van der Waals surface area contributed by atoms with Crippen molar-refractivity contribution in [3.8, 4) is 5.75 Å². The van der Waals surface area contributed by atoms with Gasteiger partial charge in [0, 0.05) is 11.3 Å². The number of carboxylic acid groups (broad SMARTS) is 1. The topological polar surface area (TPSA) is 84.9 Å². The van der Waals surface area contributed by atoms with E-state index in [9.17, 15) is 14.7 Å². The Bertz CT molecular complexity index is 729. The van der Waals surface area contributed by atoms with Gasteiger partial charge in [0.2, 0.25) is 0 Å². The van der Waals surface area contributed by atoms with Crippen LogP contribution in [0, 0.1) is 0 Å². The number of hydrogen-bond acceptors (Lipinski definition) is 5. The summed E-state index contributed by atoms with van der Waals surface area (Å²) in [5.41, 5.74) is 1.49. The maximum Gasteiger partial charge on any atom is 0.330 e. The van der Waals surface area contributed by atoms with E-state index in [4.69, 9.17) is 9.47 Å². The van der Waals surface area contributed by atoms with Gasteiger partial charge in [0.15, 0.2) is 6.04 Å². The van der Waals surface area contributed by atoms with Gasteiger partial charge in [0.1, 0.15) is 5.75 Å². The highest BCUT2D eigenvalue weighted by Gasteiger charge is 2.25. The van der Waals surface area contributed by atoms with Crippen molar-refractivity contribution in [2.45, 2.75) is 19.1 Å². The molecule has 1 atom stereocenters. The smallest absolute Gasteiger partial charge is 0.330 e. The average molecular weight is 347 g/mol. The predicted molar refractivity (Wildman–Crippen MR) is 88.5 cm³/mol. The summed E-state index contributed by atoms with van der Waals surface area (Å²) >= 11 is 1.39. The number of carbonyl (C=O) groups excluding carboxylic acids is 1. The van der Waals surface area contributed by atoms with Gasteiger partial charge in [-0.05, 0) is 29.3 Å². The highest BCUT2D eigenvalue weighted by Crippen LogP contribution is 2.27. The number of rotatable bonds is 5. The molecule has 1 aliphatic heterocycles. The van der Waals surface area contributed by atoms with Crippen LogP contribution in [0.3, 0.4) is 0 Å². The Morgan fingerprint density at radius 3 is 2.71 bits per heavy atom. The van der Waals surface area contributed by atoms with Crippen molar-refractivity contribution in [3.63, 3.8) is 0 Å². The minimum absolute atomic E-state index is 0.391. The van der Waals surface area contributed by atoms with Gasteiger partial charge in [0.25, 0.3) is 5.91 Å². The Kier molecular flexibility index (Phi) is 4.82. The molecule has 2 N–H and O–H groups in total. The van der Waals surface area contributed by atoms with E-state index < -0.39 is 17.9 Å². The molecule has 2 aromatic rings. The summed E-state index contributed by atoms with van der Waals surface area (Å²) < 4.78 is 10.4. The highest BCUT2D eigenvalue weighted by molar-refractivity contribution is 7.14. The zero-order valence-electron chi connectivity index (χ0n) is 13.1. The molecular weight excluding hydrogens is 330 g/mol. The standard InChI is InChI=1S/C17H17NO5S/c1-22-12-4-2-10(3-5-12)15(17(20)21)18-16(19)14-8-11-9-23-7-6-13(11)24-14/h2-5,8,15H,6-7,9H2,1H3,(H,18,19)(H,20,21).